The lowest BCUT2D eigenvalue weighted by atomic mass is 10.1. The number of hydrogen-bond donors (Lipinski definition) is 1. The largest absolute Gasteiger partial charge is 0.462 e. The van der Waals surface area contributed by atoms with E-state index in [1.165, 1.54) is 6.92 Å². The number of nitrogens with one attached hydrogen (secondary N) is 1. The van der Waals surface area contributed by atoms with Gasteiger partial charge in [0.05, 0.1) is 12.6 Å². The van der Waals surface area contributed by atoms with Gasteiger partial charge < -0.3 is 10.1 Å². The second-order valence-electron chi connectivity index (χ2n) is 2.99. The van der Waals surface area contributed by atoms with Crippen LogP contribution in [0.4, 0.5) is 8.78 Å². The molecular formula is C8H13F2NO2. The predicted octanol–water partition coefficient (Wildman–Crippen LogP) is 0.937. The average molecular weight is 193 g/mol. The lowest BCUT2D eigenvalue weighted by molar-refractivity contribution is -0.175. The smallest absolute Gasteiger partial charge is 0.378 e. The zero-order valence-corrected chi connectivity index (χ0v) is 7.48. The molecule has 13 heavy (non-hydrogen) atoms. The normalized spacial score (nSPS) is 23.2. The zero-order chi connectivity index (χ0) is 9.90. The molecule has 1 heterocycles. The third kappa shape index (κ3) is 2.15. The fourth-order valence-electron chi connectivity index (χ4n) is 1.36. The van der Waals surface area contributed by atoms with Gasteiger partial charge in [-0.2, -0.15) is 8.78 Å². The molecule has 0 saturated carbocycles. The maximum Gasteiger partial charge on any atom is 0.378 e. The number of esters is 1. The lowest BCUT2D eigenvalue weighted by Crippen LogP contribution is -2.47. The molecule has 76 valence electrons. The first kappa shape index (κ1) is 10.4. The summed E-state index contributed by atoms with van der Waals surface area (Å²) in [7, 11) is 0. The Kier molecular flexibility index (Phi) is 3.19. The first-order chi connectivity index (χ1) is 6.09. The van der Waals surface area contributed by atoms with Crippen molar-refractivity contribution in [3.8, 4) is 0 Å². The van der Waals surface area contributed by atoms with E-state index in [1.807, 2.05) is 0 Å². The number of carbonyl (C=O) groups excluding carboxylic acids is 1. The second-order valence-corrected chi connectivity index (χ2v) is 2.99. The van der Waals surface area contributed by atoms with Gasteiger partial charge in [-0.25, -0.2) is 4.79 Å². The van der Waals surface area contributed by atoms with Crippen LogP contribution in [0.15, 0.2) is 0 Å². The molecule has 0 amide bonds. The molecule has 1 rings (SSSR count). The first-order valence-corrected chi connectivity index (χ1v) is 4.37. The van der Waals surface area contributed by atoms with Crippen LogP contribution in [-0.2, 0) is 9.53 Å². The summed E-state index contributed by atoms with van der Waals surface area (Å²) >= 11 is 0. The van der Waals surface area contributed by atoms with Crippen molar-refractivity contribution in [1.29, 1.82) is 0 Å². The highest BCUT2D eigenvalue weighted by Gasteiger charge is 2.49. The van der Waals surface area contributed by atoms with E-state index in [0.29, 0.717) is 19.4 Å². The molecule has 3 nitrogen and oxygen atoms in total. The Bertz CT molecular complexity index is 191. The van der Waals surface area contributed by atoms with E-state index in [1.54, 1.807) is 0 Å². The quantitative estimate of drug-likeness (QED) is 0.678. The van der Waals surface area contributed by atoms with E-state index in [4.69, 9.17) is 0 Å². The van der Waals surface area contributed by atoms with Gasteiger partial charge in [0, 0.05) is 0 Å². The minimum absolute atomic E-state index is 0.0128. The van der Waals surface area contributed by atoms with Gasteiger partial charge in [-0.05, 0) is 26.3 Å². The van der Waals surface area contributed by atoms with Crippen molar-refractivity contribution in [2.45, 2.75) is 31.7 Å². The summed E-state index contributed by atoms with van der Waals surface area (Å²) in [4.78, 5) is 10.8. The van der Waals surface area contributed by atoms with Crippen LogP contribution in [0.2, 0.25) is 0 Å². The second kappa shape index (κ2) is 4.00. The van der Waals surface area contributed by atoms with Gasteiger partial charge in [-0.15, -0.1) is 0 Å². The van der Waals surface area contributed by atoms with Crippen molar-refractivity contribution < 1.29 is 18.3 Å². The fraction of sp³-hybridized carbons (Fsp3) is 0.875. The van der Waals surface area contributed by atoms with Crippen LogP contribution in [0, 0.1) is 0 Å². The van der Waals surface area contributed by atoms with Crippen LogP contribution in [0.25, 0.3) is 0 Å². The average Bonchev–Trinajstić information content (AvgIpc) is 2.56. The molecule has 1 unspecified atom stereocenters. The maximum atomic E-state index is 13.2. The summed E-state index contributed by atoms with van der Waals surface area (Å²) in [6.45, 7) is 2.04. The number of carbonyl (C=O) groups is 1. The van der Waals surface area contributed by atoms with Crippen LogP contribution in [0.3, 0.4) is 0 Å². The van der Waals surface area contributed by atoms with Gasteiger partial charge in [-0.3, -0.25) is 0 Å². The standard InChI is InChI=1S/C8H13F2NO2/c1-2-13-7(12)8(9,10)6-4-3-5-11-6/h6,11H,2-5H2,1H3. The molecular weight excluding hydrogens is 180 g/mol. The highest BCUT2D eigenvalue weighted by Crippen LogP contribution is 2.26. The van der Waals surface area contributed by atoms with Gasteiger partial charge in [0.2, 0.25) is 0 Å². The molecule has 0 bridgehead atoms. The summed E-state index contributed by atoms with van der Waals surface area (Å²) in [6.07, 6.45) is 1.01. The van der Waals surface area contributed by atoms with E-state index < -0.39 is 17.9 Å². The fourth-order valence-corrected chi connectivity index (χ4v) is 1.36. The summed E-state index contributed by atoms with van der Waals surface area (Å²) in [5.74, 6) is -4.80. The van der Waals surface area contributed by atoms with E-state index in [9.17, 15) is 13.6 Å². The van der Waals surface area contributed by atoms with Crippen LogP contribution in [0.1, 0.15) is 19.8 Å². The predicted molar refractivity (Wildman–Crippen MR) is 42.6 cm³/mol. The van der Waals surface area contributed by atoms with Gasteiger partial charge in [-0.1, -0.05) is 0 Å². The Morgan fingerprint density at radius 2 is 2.38 bits per heavy atom. The van der Waals surface area contributed by atoms with E-state index >= 15 is 0 Å². The molecule has 1 fully saturated rings. The molecule has 0 spiro atoms. The Morgan fingerprint density at radius 3 is 2.85 bits per heavy atom. The molecule has 0 aliphatic carbocycles. The molecule has 5 heteroatoms. The number of ether oxygens (including phenoxy) is 1. The summed E-state index contributed by atoms with van der Waals surface area (Å²) in [5, 5.41) is 2.59. The Balaban J connectivity index is 2.57. The molecule has 1 saturated heterocycles. The van der Waals surface area contributed by atoms with Gasteiger partial charge in [0.15, 0.2) is 0 Å². The molecule has 1 aliphatic heterocycles. The molecule has 0 aromatic heterocycles. The van der Waals surface area contributed by atoms with Crippen molar-refractivity contribution in [2.75, 3.05) is 13.2 Å². The van der Waals surface area contributed by atoms with Crippen molar-refractivity contribution in [3.05, 3.63) is 0 Å². The molecule has 0 aromatic carbocycles. The van der Waals surface area contributed by atoms with E-state index in [2.05, 4.69) is 10.1 Å². The van der Waals surface area contributed by atoms with Gasteiger partial charge >= 0.3 is 11.9 Å². The lowest BCUT2D eigenvalue weighted by Gasteiger charge is -2.20. The van der Waals surface area contributed by atoms with Crippen molar-refractivity contribution in [2.24, 2.45) is 0 Å². The molecule has 1 N–H and O–H groups in total. The molecule has 0 radical (unpaired) electrons. The highest BCUT2D eigenvalue weighted by atomic mass is 19.3. The SMILES string of the molecule is CCOC(=O)C(F)(F)C1CCCN1. The Labute approximate surface area is 75.4 Å². The third-order valence-electron chi connectivity index (χ3n) is 2.05. The number of rotatable bonds is 3. The summed E-state index contributed by atoms with van der Waals surface area (Å²) in [6, 6.07) is -1.05. The monoisotopic (exact) mass is 193 g/mol. The van der Waals surface area contributed by atoms with Crippen molar-refractivity contribution >= 4 is 5.97 Å². The van der Waals surface area contributed by atoms with Crippen molar-refractivity contribution in [3.63, 3.8) is 0 Å². The number of halogens is 2. The van der Waals surface area contributed by atoms with Crippen LogP contribution >= 0.6 is 0 Å². The van der Waals surface area contributed by atoms with Crippen LogP contribution < -0.4 is 5.32 Å². The van der Waals surface area contributed by atoms with Gasteiger partial charge in [0.25, 0.3) is 0 Å². The Morgan fingerprint density at radius 1 is 1.69 bits per heavy atom. The third-order valence-corrected chi connectivity index (χ3v) is 2.05. The van der Waals surface area contributed by atoms with Crippen LogP contribution in [-0.4, -0.2) is 31.1 Å². The topological polar surface area (TPSA) is 38.3 Å². The van der Waals surface area contributed by atoms with Gasteiger partial charge in [0.1, 0.15) is 0 Å². The number of alkyl halides is 2. The maximum absolute atomic E-state index is 13.2. The molecule has 0 aromatic rings. The first-order valence-electron chi connectivity index (χ1n) is 4.37. The minimum Gasteiger partial charge on any atom is -0.462 e. The van der Waals surface area contributed by atoms with Crippen LogP contribution in [0.5, 0.6) is 0 Å². The summed E-state index contributed by atoms with van der Waals surface area (Å²) in [5.41, 5.74) is 0. The minimum atomic E-state index is -3.38. The number of hydrogen-bond acceptors (Lipinski definition) is 3. The highest BCUT2D eigenvalue weighted by molar-refractivity contribution is 5.78. The summed E-state index contributed by atoms with van der Waals surface area (Å²) < 4.78 is 30.6. The zero-order valence-electron chi connectivity index (χ0n) is 7.48. The Hall–Kier alpha value is -0.710. The van der Waals surface area contributed by atoms with Crippen molar-refractivity contribution in [1.82, 2.24) is 5.32 Å². The van der Waals surface area contributed by atoms with E-state index in [0.717, 1.165) is 0 Å². The molecule has 1 atom stereocenters. The molecule has 1 aliphatic rings. The van der Waals surface area contributed by atoms with E-state index in [-0.39, 0.29) is 6.61 Å².